The number of hydrogen-bond donors (Lipinski definition) is 0. The molecule has 0 spiro atoms. The molecule has 4 atom stereocenters. The monoisotopic (exact) mass is 530 g/mol. The second kappa shape index (κ2) is 8.12. The zero-order valence-corrected chi connectivity index (χ0v) is 22.4. The highest BCUT2D eigenvalue weighted by molar-refractivity contribution is 6.24. The number of carbonyl (C=O) groups is 2. The topological polar surface area (TPSA) is 52.6 Å². The van der Waals surface area contributed by atoms with Crippen LogP contribution < -0.4 is 0 Å². The summed E-state index contributed by atoms with van der Waals surface area (Å²) in [5.74, 6) is 2.18. The Morgan fingerprint density at radius 1 is 0.639 bits per heavy atom. The van der Waals surface area contributed by atoms with E-state index in [0.29, 0.717) is 23.7 Å². The minimum absolute atomic E-state index is 0.0627. The third-order valence-corrected chi connectivity index (χ3v) is 11.5. The predicted octanol–water partition coefficient (Wildman–Crippen LogP) is 6.93. The first-order chi connectivity index (χ1) is 17.1. The molecule has 4 unspecified atom stereocenters. The molecule has 8 aliphatic rings. The molecule has 8 fully saturated rings. The highest BCUT2D eigenvalue weighted by atomic mass is 35.5. The van der Waals surface area contributed by atoms with Gasteiger partial charge in [-0.3, -0.25) is 9.59 Å². The van der Waals surface area contributed by atoms with Crippen LogP contribution in [0, 0.1) is 34.5 Å². The largest absolute Gasteiger partial charge is 0.460 e. The lowest BCUT2D eigenvalue weighted by Gasteiger charge is -2.58. The zero-order valence-electron chi connectivity index (χ0n) is 20.9. The van der Waals surface area contributed by atoms with Crippen LogP contribution in [0.2, 0.25) is 0 Å². The number of rotatable bonds is 6. The van der Waals surface area contributed by atoms with Gasteiger partial charge in [-0.25, -0.2) is 0 Å². The minimum Gasteiger partial charge on any atom is -0.460 e. The summed E-state index contributed by atoms with van der Waals surface area (Å²) in [6.45, 7) is 0.546. The highest BCUT2D eigenvalue weighted by Gasteiger charge is 2.62. The second-order valence-corrected chi connectivity index (χ2v) is 15.4. The molecule has 9 rings (SSSR count). The SMILES string of the molecule is O=C(OCc1ccc(COC(=O)C23CC4CC(CC(Cl)(C4)C2)C3)cc1)C12CC3CC(CC(Cl)(C3)C1)C2. The molecule has 0 aliphatic heterocycles. The number of halogens is 2. The van der Waals surface area contributed by atoms with Crippen LogP contribution in [0.4, 0.5) is 0 Å². The van der Waals surface area contributed by atoms with Crippen LogP contribution >= 0.6 is 23.2 Å². The summed E-state index contributed by atoms with van der Waals surface area (Å²) < 4.78 is 11.7. The van der Waals surface area contributed by atoms with E-state index in [1.807, 2.05) is 24.3 Å². The molecule has 6 heteroatoms. The van der Waals surface area contributed by atoms with Gasteiger partial charge in [-0.2, -0.15) is 0 Å². The average Bonchev–Trinajstić information content (AvgIpc) is 2.78. The van der Waals surface area contributed by atoms with E-state index in [4.69, 9.17) is 32.7 Å². The lowest BCUT2D eigenvalue weighted by atomic mass is 9.49. The smallest absolute Gasteiger partial charge is 0.312 e. The predicted molar refractivity (Wildman–Crippen MR) is 137 cm³/mol. The minimum atomic E-state index is -0.376. The maximum atomic E-state index is 13.2. The highest BCUT2D eigenvalue weighted by Crippen LogP contribution is 2.65. The van der Waals surface area contributed by atoms with Crippen molar-refractivity contribution in [2.45, 2.75) is 100 Å². The van der Waals surface area contributed by atoms with E-state index in [0.717, 1.165) is 75.3 Å². The molecular weight excluding hydrogens is 495 g/mol. The van der Waals surface area contributed by atoms with Gasteiger partial charge in [0.1, 0.15) is 13.2 Å². The zero-order chi connectivity index (χ0) is 24.8. The molecule has 8 bridgehead atoms. The van der Waals surface area contributed by atoms with Crippen molar-refractivity contribution in [2.75, 3.05) is 0 Å². The number of benzene rings is 1. The third-order valence-electron chi connectivity index (χ3n) is 10.6. The summed E-state index contributed by atoms with van der Waals surface area (Å²) in [4.78, 5) is 26.0. The van der Waals surface area contributed by atoms with Crippen molar-refractivity contribution in [1.29, 1.82) is 0 Å². The molecule has 0 amide bonds. The molecule has 0 radical (unpaired) electrons. The van der Waals surface area contributed by atoms with E-state index < -0.39 is 0 Å². The summed E-state index contributed by atoms with van der Waals surface area (Å²) in [5, 5.41) is 0. The Balaban J connectivity index is 0.939. The molecule has 4 nitrogen and oxygen atoms in total. The van der Waals surface area contributed by atoms with Crippen molar-refractivity contribution >= 4 is 35.1 Å². The Labute approximate surface area is 223 Å². The van der Waals surface area contributed by atoms with Crippen molar-refractivity contribution in [3.63, 3.8) is 0 Å². The van der Waals surface area contributed by atoms with E-state index in [1.54, 1.807) is 0 Å². The van der Waals surface area contributed by atoms with Crippen molar-refractivity contribution in [3.05, 3.63) is 35.4 Å². The molecule has 0 aromatic heterocycles. The lowest BCUT2D eigenvalue weighted by molar-refractivity contribution is -0.172. The number of carbonyl (C=O) groups excluding carboxylic acids is 2. The molecule has 36 heavy (non-hydrogen) atoms. The number of ether oxygens (including phenoxy) is 2. The molecule has 0 saturated heterocycles. The van der Waals surface area contributed by atoms with Gasteiger partial charge in [-0.15, -0.1) is 23.2 Å². The standard InChI is InChI=1S/C30H36Cl2O4/c31-29-11-21-5-22(12-29)8-27(7-21,17-29)25(33)35-15-19-1-2-20(4-3-19)16-36-26(34)28-9-23-6-24(10-28)14-30(32,13-23)18-28/h1-4,21-24H,5-18H2. The van der Waals surface area contributed by atoms with Gasteiger partial charge in [0.2, 0.25) is 0 Å². The second-order valence-electron chi connectivity index (χ2n) is 13.8. The first-order valence-electron chi connectivity index (χ1n) is 13.9. The maximum absolute atomic E-state index is 13.2. The van der Waals surface area contributed by atoms with Gasteiger partial charge >= 0.3 is 11.9 Å². The molecule has 8 saturated carbocycles. The molecule has 0 N–H and O–H groups in total. The van der Waals surface area contributed by atoms with Crippen LogP contribution in [-0.4, -0.2) is 21.7 Å². The van der Waals surface area contributed by atoms with Gasteiger partial charge in [0, 0.05) is 9.75 Å². The number of esters is 2. The Hall–Kier alpha value is -1.26. The van der Waals surface area contributed by atoms with Crippen molar-refractivity contribution in [2.24, 2.45) is 34.5 Å². The quantitative estimate of drug-likeness (QED) is 0.295. The van der Waals surface area contributed by atoms with Crippen LogP contribution in [0.15, 0.2) is 24.3 Å². The van der Waals surface area contributed by atoms with Gasteiger partial charge in [-0.1, -0.05) is 24.3 Å². The lowest BCUT2D eigenvalue weighted by Crippen LogP contribution is -2.56. The van der Waals surface area contributed by atoms with E-state index in [1.165, 1.54) is 12.8 Å². The Morgan fingerprint density at radius 3 is 1.28 bits per heavy atom. The molecule has 1 aromatic carbocycles. The van der Waals surface area contributed by atoms with Crippen LogP contribution in [0.5, 0.6) is 0 Å². The van der Waals surface area contributed by atoms with Crippen LogP contribution in [-0.2, 0) is 32.3 Å². The van der Waals surface area contributed by atoms with Crippen molar-refractivity contribution in [1.82, 2.24) is 0 Å². The third kappa shape index (κ3) is 4.01. The number of hydrogen-bond acceptors (Lipinski definition) is 4. The summed E-state index contributed by atoms with van der Waals surface area (Å²) in [6, 6.07) is 7.88. The van der Waals surface area contributed by atoms with Gasteiger partial charge < -0.3 is 9.47 Å². The average molecular weight is 532 g/mol. The van der Waals surface area contributed by atoms with Crippen LogP contribution in [0.1, 0.15) is 88.2 Å². The summed E-state index contributed by atoms with van der Waals surface area (Å²) in [5.41, 5.74) is 1.15. The fourth-order valence-electron chi connectivity index (χ4n) is 10.1. The molecule has 8 aliphatic carbocycles. The summed E-state index contributed by atoms with van der Waals surface area (Å²) in [6.07, 6.45) is 12.0. The molecule has 0 heterocycles. The van der Waals surface area contributed by atoms with Crippen LogP contribution in [0.3, 0.4) is 0 Å². The van der Waals surface area contributed by atoms with Gasteiger partial charge in [-0.05, 0) is 112 Å². The molecule has 194 valence electrons. The van der Waals surface area contributed by atoms with Crippen molar-refractivity contribution in [3.8, 4) is 0 Å². The van der Waals surface area contributed by atoms with E-state index in [2.05, 4.69) is 0 Å². The fourth-order valence-corrected chi connectivity index (χ4v) is 11.5. The summed E-state index contributed by atoms with van der Waals surface area (Å²) >= 11 is 13.8. The van der Waals surface area contributed by atoms with Gasteiger partial charge in [0.15, 0.2) is 0 Å². The Morgan fingerprint density at radius 2 is 0.972 bits per heavy atom. The summed E-state index contributed by atoms with van der Waals surface area (Å²) in [7, 11) is 0. The fraction of sp³-hybridized carbons (Fsp3) is 0.733. The van der Waals surface area contributed by atoms with E-state index in [9.17, 15) is 9.59 Å². The van der Waals surface area contributed by atoms with Gasteiger partial charge in [0.05, 0.1) is 10.8 Å². The van der Waals surface area contributed by atoms with E-state index in [-0.39, 0.29) is 45.7 Å². The normalized spacial score (nSPS) is 45.6. The maximum Gasteiger partial charge on any atom is 0.312 e. The Kier molecular flexibility index (Phi) is 5.37. The Bertz CT molecular complexity index is 968. The van der Waals surface area contributed by atoms with E-state index >= 15 is 0 Å². The molecular formula is C30H36Cl2O4. The van der Waals surface area contributed by atoms with Crippen LogP contribution in [0.25, 0.3) is 0 Å². The first-order valence-corrected chi connectivity index (χ1v) is 14.7. The van der Waals surface area contributed by atoms with Crippen molar-refractivity contribution < 1.29 is 19.1 Å². The number of alkyl halides is 2. The first kappa shape index (κ1) is 23.8. The van der Waals surface area contributed by atoms with Gasteiger partial charge in [0.25, 0.3) is 0 Å². The molecule has 1 aromatic rings.